The molecule has 1 aromatic carbocycles. The minimum absolute atomic E-state index is 0.0942. The van der Waals surface area contributed by atoms with Crippen molar-refractivity contribution < 1.29 is 13.3 Å². The molecule has 2 N–H and O–H groups in total. The lowest BCUT2D eigenvalue weighted by molar-refractivity contribution is -0.384. The van der Waals surface area contributed by atoms with Crippen molar-refractivity contribution in [3.05, 3.63) is 28.3 Å². The van der Waals surface area contributed by atoms with Crippen molar-refractivity contribution in [1.29, 1.82) is 0 Å². The van der Waals surface area contributed by atoms with Crippen molar-refractivity contribution in [1.82, 2.24) is 14.9 Å². The second-order valence-electron chi connectivity index (χ2n) is 6.29. The number of nitro benzene ring substituents is 1. The summed E-state index contributed by atoms with van der Waals surface area (Å²) in [5.41, 5.74) is 0.315. The Morgan fingerprint density at radius 3 is 2.64 bits per heavy atom. The van der Waals surface area contributed by atoms with E-state index in [2.05, 4.69) is 14.9 Å². The van der Waals surface area contributed by atoms with Crippen molar-refractivity contribution in [3.8, 4) is 0 Å². The summed E-state index contributed by atoms with van der Waals surface area (Å²) >= 11 is 0. The number of piperazine rings is 1. The standard InChI is InChI=1S/C15H23N5O4S/c1-16-25(23,24)13-2-3-14(15(10-13)20(21)22)19-7-4-12(11-19)18-8-5-17-6-9-18/h2-3,10,12,16-17H,4-9,11H2,1H3. The molecule has 3 rings (SSSR count). The summed E-state index contributed by atoms with van der Waals surface area (Å²) in [5, 5.41) is 14.8. The van der Waals surface area contributed by atoms with E-state index < -0.39 is 14.9 Å². The van der Waals surface area contributed by atoms with Gasteiger partial charge in [-0.25, -0.2) is 13.1 Å². The Morgan fingerprint density at radius 1 is 1.28 bits per heavy atom. The van der Waals surface area contributed by atoms with Gasteiger partial charge in [-0.2, -0.15) is 0 Å². The molecule has 0 aliphatic carbocycles. The Labute approximate surface area is 147 Å². The molecule has 2 saturated heterocycles. The first-order valence-corrected chi connectivity index (χ1v) is 9.82. The molecule has 0 saturated carbocycles. The Kier molecular flexibility index (Phi) is 5.23. The Hall–Kier alpha value is -1.75. The average molecular weight is 369 g/mol. The zero-order chi connectivity index (χ0) is 18.0. The first-order chi connectivity index (χ1) is 11.9. The second kappa shape index (κ2) is 7.24. The number of nitrogens with one attached hydrogen (secondary N) is 2. The maximum Gasteiger partial charge on any atom is 0.293 e. The highest BCUT2D eigenvalue weighted by Crippen LogP contribution is 2.33. The van der Waals surface area contributed by atoms with Crippen molar-refractivity contribution in [3.63, 3.8) is 0 Å². The lowest BCUT2D eigenvalue weighted by atomic mass is 10.2. The van der Waals surface area contributed by atoms with Gasteiger partial charge in [0, 0.05) is 51.4 Å². The number of hydrogen-bond acceptors (Lipinski definition) is 7. The molecule has 9 nitrogen and oxygen atoms in total. The van der Waals surface area contributed by atoms with E-state index in [1.54, 1.807) is 6.07 Å². The third kappa shape index (κ3) is 3.76. The molecule has 0 bridgehead atoms. The molecule has 10 heteroatoms. The molecule has 2 aliphatic rings. The summed E-state index contributed by atoms with van der Waals surface area (Å²) in [5.74, 6) is 0. The number of benzene rings is 1. The molecule has 138 valence electrons. The van der Waals surface area contributed by atoms with Crippen LogP contribution < -0.4 is 14.9 Å². The summed E-state index contributed by atoms with van der Waals surface area (Å²) in [4.78, 5) is 15.3. The minimum Gasteiger partial charge on any atom is -0.364 e. The van der Waals surface area contributed by atoms with Crippen LogP contribution in [0.3, 0.4) is 0 Å². The molecule has 2 heterocycles. The quantitative estimate of drug-likeness (QED) is 0.555. The number of anilines is 1. The van der Waals surface area contributed by atoms with Gasteiger partial charge in [0.1, 0.15) is 5.69 Å². The van der Waals surface area contributed by atoms with Gasteiger partial charge in [0.15, 0.2) is 0 Å². The molecule has 0 radical (unpaired) electrons. The van der Waals surface area contributed by atoms with Gasteiger partial charge >= 0.3 is 0 Å². The van der Waals surface area contributed by atoms with E-state index >= 15 is 0 Å². The smallest absolute Gasteiger partial charge is 0.293 e. The van der Waals surface area contributed by atoms with Crippen LogP contribution in [0.5, 0.6) is 0 Å². The van der Waals surface area contributed by atoms with Crippen LogP contribution in [0.2, 0.25) is 0 Å². The summed E-state index contributed by atoms with van der Waals surface area (Å²) in [6.45, 7) is 5.35. The first kappa shape index (κ1) is 18.1. The maximum absolute atomic E-state index is 11.9. The Bertz CT molecular complexity index is 748. The van der Waals surface area contributed by atoms with Crippen molar-refractivity contribution in [2.24, 2.45) is 0 Å². The van der Waals surface area contributed by atoms with Gasteiger partial charge in [-0.3, -0.25) is 15.0 Å². The molecule has 0 spiro atoms. The van der Waals surface area contributed by atoms with Gasteiger partial charge < -0.3 is 10.2 Å². The van der Waals surface area contributed by atoms with E-state index in [0.717, 1.165) is 51.8 Å². The van der Waals surface area contributed by atoms with Crippen LogP contribution in [0.4, 0.5) is 11.4 Å². The normalized spacial score (nSPS) is 22.3. The molecule has 0 aromatic heterocycles. The zero-order valence-electron chi connectivity index (χ0n) is 14.1. The van der Waals surface area contributed by atoms with Gasteiger partial charge in [0.25, 0.3) is 5.69 Å². The SMILES string of the molecule is CNS(=O)(=O)c1ccc(N2CCC(N3CCNCC3)C2)c([N+](=O)[O-])c1. The minimum atomic E-state index is -3.71. The van der Waals surface area contributed by atoms with E-state index in [1.165, 1.54) is 13.1 Å². The summed E-state index contributed by atoms with van der Waals surface area (Å²) in [6, 6.07) is 4.48. The maximum atomic E-state index is 11.9. The highest BCUT2D eigenvalue weighted by atomic mass is 32.2. The number of rotatable bonds is 5. The van der Waals surface area contributed by atoms with Crippen LogP contribution in [-0.2, 0) is 10.0 Å². The van der Waals surface area contributed by atoms with Gasteiger partial charge in [-0.15, -0.1) is 0 Å². The fourth-order valence-corrected chi connectivity index (χ4v) is 4.26. The van der Waals surface area contributed by atoms with Crippen LogP contribution in [-0.4, -0.2) is 70.6 Å². The Morgan fingerprint density at radius 2 is 2.00 bits per heavy atom. The van der Waals surface area contributed by atoms with Crippen LogP contribution in [0, 0.1) is 10.1 Å². The lowest BCUT2D eigenvalue weighted by Crippen LogP contribution is -2.49. The van der Waals surface area contributed by atoms with Crippen molar-refractivity contribution in [2.75, 3.05) is 51.2 Å². The fraction of sp³-hybridized carbons (Fsp3) is 0.600. The monoisotopic (exact) mass is 369 g/mol. The third-order valence-corrected chi connectivity index (χ3v) is 6.31. The highest BCUT2D eigenvalue weighted by molar-refractivity contribution is 7.89. The largest absolute Gasteiger partial charge is 0.364 e. The van der Waals surface area contributed by atoms with E-state index in [9.17, 15) is 18.5 Å². The molecule has 1 aromatic rings. The Balaban J connectivity index is 1.83. The van der Waals surface area contributed by atoms with E-state index in [1.807, 2.05) is 4.90 Å². The fourth-order valence-electron chi connectivity index (χ4n) is 3.51. The average Bonchev–Trinajstić information content (AvgIpc) is 3.12. The third-order valence-electron chi connectivity index (χ3n) is 4.89. The van der Waals surface area contributed by atoms with Crippen molar-refractivity contribution >= 4 is 21.4 Å². The molecule has 2 aliphatic heterocycles. The molecule has 25 heavy (non-hydrogen) atoms. The van der Waals surface area contributed by atoms with Crippen LogP contribution in [0.25, 0.3) is 0 Å². The lowest BCUT2D eigenvalue weighted by Gasteiger charge is -2.32. The second-order valence-corrected chi connectivity index (χ2v) is 8.18. The molecule has 1 atom stereocenters. The van der Waals surface area contributed by atoms with Gasteiger partial charge in [-0.1, -0.05) is 0 Å². The van der Waals surface area contributed by atoms with Gasteiger partial charge in [-0.05, 0) is 25.6 Å². The van der Waals surface area contributed by atoms with Crippen LogP contribution >= 0.6 is 0 Å². The van der Waals surface area contributed by atoms with E-state index in [-0.39, 0.29) is 10.6 Å². The van der Waals surface area contributed by atoms with Crippen LogP contribution in [0.15, 0.2) is 23.1 Å². The summed E-state index contributed by atoms with van der Waals surface area (Å²) < 4.78 is 26.0. The molecule has 1 unspecified atom stereocenters. The van der Waals surface area contributed by atoms with Gasteiger partial charge in [0.2, 0.25) is 10.0 Å². The molecular formula is C15H23N5O4S. The predicted octanol–water partition coefficient (Wildman–Crippen LogP) is -0.0132. The van der Waals surface area contributed by atoms with Gasteiger partial charge in [0.05, 0.1) is 9.82 Å². The summed E-state index contributed by atoms with van der Waals surface area (Å²) in [7, 11) is -2.43. The number of hydrogen-bond donors (Lipinski definition) is 2. The molecule has 0 amide bonds. The van der Waals surface area contributed by atoms with Crippen LogP contribution in [0.1, 0.15) is 6.42 Å². The van der Waals surface area contributed by atoms with E-state index in [4.69, 9.17) is 0 Å². The molecular weight excluding hydrogens is 346 g/mol. The zero-order valence-corrected chi connectivity index (χ0v) is 15.0. The number of nitro groups is 1. The number of sulfonamides is 1. The van der Waals surface area contributed by atoms with Crippen molar-refractivity contribution in [2.45, 2.75) is 17.4 Å². The predicted molar refractivity (Wildman–Crippen MR) is 94.4 cm³/mol. The summed E-state index contributed by atoms with van der Waals surface area (Å²) in [6.07, 6.45) is 0.952. The topological polar surface area (TPSA) is 108 Å². The van der Waals surface area contributed by atoms with E-state index in [0.29, 0.717) is 11.7 Å². The highest BCUT2D eigenvalue weighted by Gasteiger charge is 2.32. The first-order valence-electron chi connectivity index (χ1n) is 8.34. The molecule has 2 fully saturated rings. The number of nitrogens with zero attached hydrogens (tertiary/aromatic N) is 3.